The van der Waals surface area contributed by atoms with Gasteiger partial charge >= 0.3 is 11.7 Å². The number of fused-ring (bicyclic) bond motifs is 1. The summed E-state index contributed by atoms with van der Waals surface area (Å²) in [6.45, 7) is -0.306. The summed E-state index contributed by atoms with van der Waals surface area (Å²) < 4.78 is 105. The third kappa shape index (κ3) is 6.63. The number of sulfone groups is 1. The minimum absolute atomic E-state index is 0.0158. The van der Waals surface area contributed by atoms with E-state index >= 15 is 0 Å². The van der Waals surface area contributed by atoms with E-state index in [4.69, 9.17) is 4.42 Å². The molecule has 3 aromatic rings. The fraction of sp³-hybridized carbons (Fsp3) is 0.278. The van der Waals surface area contributed by atoms with Crippen molar-refractivity contribution in [3.05, 3.63) is 36.0 Å². The molecular weight excluding hydrogens is 580 g/mol. The van der Waals surface area contributed by atoms with Crippen molar-refractivity contribution in [1.29, 1.82) is 0 Å². The predicted octanol–water partition coefficient (Wildman–Crippen LogP) is 5.93. The highest BCUT2D eigenvalue weighted by Gasteiger charge is 2.30. The summed E-state index contributed by atoms with van der Waals surface area (Å²) >= 11 is 2.56. The molecule has 0 atom stereocenters. The van der Waals surface area contributed by atoms with Crippen LogP contribution in [-0.4, -0.2) is 47.1 Å². The number of hydrogen-bond acceptors (Lipinski definition) is 8. The Kier molecular flexibility index (Phi) is 7.52. The predicted molar refractivity (Wildman–Crippen MR) is 114 cm³/mol. The SMILES string of the molecule is CCS(=O)(=O)c1cc(C(Br)=NOCC(F)(F)F)cnc1-c1nc2cc(SC(F)(F)F)ccc2o1. The lowest BCUT2D eigenvalue weighted by atomic mass is 10.2. The molecule has 0 aliphatic carbocycles. The topological polar surface area (TPSA) is 94.7 Å². The Morgan fingerprint density at radius 1 is 1.21 bits per heavy atom. The first kappa shape index (κ1) is 26.3. The zero-order valence-corrected chi connectivity index (χ0v) is 20.0. The molecule has 2 heterocycles. The van der Waals surface area contributed by atoms with Crippen molar-refractivity contribution >= 4 is 53.2 Å². The largest absolute Gasteiger partial charge is 0.446 e. The average molecular weight is 592 g/mol. The maximum atomic E-state index is 12.7. The molecule has 0 unspecified atom stereocenters. The molecule has 1 aromatic carbocycles. The zero-order valence-electron chi connectivity index (χ0n) is 16.7. The van der Waals surface area contributed by atoms with Gasteiger partial charge in [-0.25, -0.2) is 18.4 Å². The molecule has 34 heavy (non-hydrogen) atoms. The number of rotatable bonds is 7. The van der Waals surface area contributed by atoms with Gasteiger partial charge < -0.3 is 9.25 Å². The smallest absolute Gasteiger partial charge is 0.435 e. The van der Waals surface area contributed by atoms with E-state index in [1.165, 1.54) is 19.1 Å². The second-order valence-electron chi connectivity index (χ2n) is 6.44. The number of oxazole rings is 1. The molecule has 0 fully saturated rings. The Morgan fingerprint density at radius 2 is 1.91 bits per heavy atom. The zero-order chi connectivity index (χ0) is 25.3. The number of aromatic nitrogens is 2. The van der Waals surface area contributed by atoms with Crippen molar-refractivity contribution in [2.45, 2.75) is 28.4 Å². The Labute approximate surface area is 200 Å². The quantitative estimate of drug-likeness (QED) is 0.145. The fourth-order valence-corrected chi connectivity index (χ4v) is 4.48. The van der Waals surface area contributed by atoms with E-state index in [2.05, 4.69) is 35.9 Å². The number of benzene rings is 1. The fourth-order valence-electron chi connectivity index (χ4n) is 2.53. The monoisotopic (exact) mass is 591 g/mol. The van der Waals surface area contributed by atoms with Gasteiger partial charge in [0.15, 0.2) is 20.0 Å². The lowest BCUT2D eigenvalue weighted by Crippen LogP contribution is -2.15. The van der Waals surface area contributed by atoms with Crippen LogP contribution in [0, 0.1) is 0 Å². The molecule has 2 aromatic heterocycles. The summed E-state index contributed by atoms with van der Waals surface area (Å²) in [5, 5.41) is 3.25. The number of halogens is 7. The van der Waals surface area contributed by atoms with Gasteiger partial charge in [0.2, 0.25) is 12.5 Å². The van der Waals surface area contributed by atoms with Crippen molar-refractivity contribution in [1.82, 2.24) is 9.97 Å². The van der Waals surface area contributed by atoms with Crippen LogP contribution in [-0.2, 0) is 14.7 Å². The highest BCUT2D eigenvalue weighted by molar-refractivity contribution is 9.18. The first-order valence-electron chi connectivity index (χ1n) is 9.00. The number of alkyl halides is 6. The third-order valence-electron chi connectivity index (χ3n) is 3.97. The molecule has 0 amide bonds. The summed E-state index contributed by atoms with van der Waals surface area (Å²) in [6, 6.07) is 4.64. The van der Waals surface area contributed by atoms with Gasteiger partial charge in [-0.1, -0.05) is 12.1 Å². The average Bonchev–Trinajstić information content (AvgIpc) is 3.14. The first-order valence-corrected chi connectivity index (χ1v) is 12.3. The summed E-state index contributed by atoms with van der Waals surface area (Å²) in [4.78, 5) is 11.8. The molecule has 0 spiro atoms. The van der Waals surface area contributed by atoms with Crippen LogP contribution in [0.15, 0.2) is 49.8 Å². The van der Waals surface area contributed by atoms with Crippen LogP contribution < -0.4 is 0 Å². The molecule has 16 heteroatoms. The van der Waals surface area contributed by atoms with Gasteiger partial charge in [-0.15, -0.1) is 0 Å². The third-order valence-corrected chi connectivity index (χ3v) is 7.04. The molecule has 0 N–H and O–H groups in total. The van der Waals surface area contributed by atoms with Gasteiger partial charge in [0.25, 0.3) is 0 Å². The highest BCUT2D eigenvalue weighted by atomic mass is 79.9. The summed E-state index contributed by atoms with van der Waals surface area (Å²) in [7, 11) is -3.96. The molecule has 0 bridgehead atoms. The van der Waals surface area contributed by atoms with Crippen LogP contribution in [0.25, 0.3) is 22.7 Å². The van der Waals surface area contributed by atoms with Crippen molar-refractivity contribution in [3.63, 3.8) is 0 Å². The van der Waals surface area contributed by atoms with E-state index in [-0.39, 0.29) is 60.2 Å². The maximum Gasteiger partial charge on any atom is 0.446 e. The minimum atomic E-state index is -4.62. The lowest BCUT2D eigenvalue weighted by Gasteiger charge is -2.08. The van der Waals surface area contributed by atoms with Gasteiger partial charge in [0, 0.05) is 16.7 Å². The van der Waals surface area contributed by atoms with Gasteiger partial charge in [-0.2, -0.15) is 26.3 Å². The molecule has 0 aliphatic heterocycles. The van der Waals surface area contributed by atoms with Crippen molar-refractivity contribution in [3.8, 4) is 11.6 Å². The number of pyridine rings is 1. The number of nitrogens with zero attached hydrogens (tertiary/aromatic N) is 3. The van der Waals surface area contributed by atoms with E-state index in [1.54, 1.807) is 0 Å². The summed E-state index contributed by atoms with van der Waals surface area (Å²) in [6.07, 6.45) is -3.53. The van der Waals surface area contributed by atoms with E-state index < -0.39 is 28.1 Å². The standard InChI is InChI=1S/C18H12BrF6N3O4S2/c1-2-34(29,30)13-5-9(15(19)28-31-8-17(20,21)22)7-26-14(13)16-27-11-6-10(33-18(23,24)25)3-4-12(11)32-16/h3-7H,2,8H2,1H3. The second-order valence-corrected chi connectivity index (χ2v) is 10.6. The molecule has 7 nitrogen and oxygen atoms in total. The molecule has 0 saturated heterocycles. The number of thioether (sulfide) groups is 1. The Morgan fingerprint density at radius 3 is 2.53 bits per heavy atom. The molecule has 0 saturated carbocycles. The lowest BCUT2D eigenvalue weighted by molar-refractivity contribution is -0.173. The molecule has 184 valence electrons. The van der Waals surface area contributed by atoms with Gasteiger partial charge in [-0.3, -0.25) is 0 Å². The van der Waals surface area contributed by atoms with Crippen LogP contribution in [0.3, 0.4) is 0 Å². The molecular formula is C18H12BrF6N3O4S2. The van der Waals surface area contributed by atoms with Crippen LogP contribution in [0.1, 0.15) is 12.5 Å². The molecule has 0 radical (unpaired) electrons. The Bertz CT molecular complexity index is 1340. The maximum absolute atomic E-state index is 12.7. The van der Waals surface area contributed by atoms with Crippen molar-refractivity contribution in [2.75, 3.05) is 12.4 Å². The van der Waals surface area contributed by atoms with Crippen LogP contribution in [0.2, 0.25) is 0 Å². The van der Waals surface area contributed by atoms with Crippen molar-refractivity contribution in [2.24, 2.45) is 5.16 Å². The Balaban J connectivity index is 2.04. The normalized spacial score (nSPS) is 13.5. The van der Waals surface area contributed by atoms with Crippen LogP contribution in [0.4, 0.5) is 26.3 Å². The number of oxime groups is 1. The van der Waals surface area contributed by atoms with Crippen molar-refractivity contribution < 1.29 is 44.0 Å². The van der Waals surface area contributed by atoms with E-state index in [0.29, 0.717) is 0 Å². The van der Waals surface area contributed by atoms with E-state index in [1.807, 2.05) is 0 Å². The minimum Gasteiger partial charge on any atom is -0.435 e. The summed E-state index contributed by atoms with van der Waals surface area (Å²) in [5.41, 5.74) is -4.63. The first-order chi connectivity index (χ1) is 15.7. The van der Waals surface area contributed by atoms with Crippen LogP contribution in [0.5, 0.6) is 0 Å². The summed E-state index contributed by atoms with van der Waals surface area (Å²) in [5.74, 6) is -0.638. The Hall–Kier alpha value is -2.33. The second kappa shape index (κ2) is 9.73. The van der Waals surface area contributed by atoms with Crippen LogP contribution >= 0.6 is 27.7 Å². The van der Waals surface area contributed by atoms with E-state index in [0.717, 1.165) is 18.3 Å². The molecule has 0 aliphatic rings. The highest BCUT2D eigenvalue weighted by Crippen LogP contribution is 2.38. The van der Waals surface area contributed by atoms with Gasteiger partial charge in [0.1, 0.15) is 11.2 Å². The van der Waals surface area contributed by atoms with Gasteiger partial charge in [0.05, 0.1) is 10.6 Å². The van der Waals surface area contributed by atoms with Gasteiger partial charge in [-0.05, 0) is 52.0 Å². The van der Waals surface area contributed by atoms with E-state index in [9.17, 15) is 34.8 Å². The number of hydrogen-bond donors (Lipinski definition) is 0. The molecule has 3 rings (SSSR count).